The van der Waals surface area contributed by atoms with Crippen molar-refractivity contribution in [2.45, 2.75) is 31.3 Å². The quantitative estimate of drug-likeness (QED) is 0.713. The van der Waals surface area contributed by atoms with Crippen LogP contribution in [0.15, 0.2) is 18.5 Å². The highest BCUT2D eigenvalue weighted by atomic mass is 15.3. The van der Waals surface area contributed by atoms with Crippen molar-refractivity contribution >= 4 is 0 Å². The number of likely N-dealkylation sites (N-methyl/N-ethyl adjacent to an activating group) is 1. The highest BCUT2D eigenvalue weighted by Gasteiger charge is 2.27. The van der Waals surface area contributed by atoms with Gasteiger partial charge in [-0.15, -0.1) is 0 Å². The molecule has 1 aliphatic carbocycles. The first-order valence-electron chi connectivity index (χ1n) is 4.58. The monoisotopic (exact) mass is 165 g/mol. The second-order valence-corrected chi connectivity index (χ2v) is 3.38. The van der Waals surface area contributed by atoms with Crippen LogP contribution in [0.25, 0.3) is 0 Å². The lowest BCUT2D eigenvalue weighted by Gasteiger charge is -2.18. The van der Waals surface area contributed by atoms with Gasteiger partial charge >= 0.3 is 0 Å². The summed E-state index contributed by atoms with van der Waals surface area (Å²) < 4.78 is 2.08. The molecule has 1 aromatic rings. The smallest absolute Gasteiger partial charge is 0.0672 e. The highest BCUT2D eigenvalue weighted by Crippen LogP contribution is 2.28. The lowest BCUT2D eigenvalue weighted by atomic mass is 10.2. The van der Waals surface area contributed by atoms with Crippen LogP contribution < -0.4 is 5.32 Å². The minimum atomic E-state index is 0.574. The number of aromatic nitrogens is 2. The number of nitrogens with one attached hydrogen (secondary N) is 1. The summed E-state index contributed by atoms with van der Waals surface area (Å²) in [6.07, 6.45) is 7.76. The van der Waals surface area contributed by atoms with Crippen LogP contribution in [0.1, 0.15) is 25.3 Å². The molecule has 66 valence electrons. The number of nitrogens with zero attached hydrogens (tertiary/aromatic N) is 2. The summed E-state index contributed by atoms with van der Waals surface area (Å²) in [5.74, 6) is 0. The fourth-order valence-corrected chi connectivity index (χ4v) is 2.07. The summed E-state index contributed by atoms with van der Waals surface area (Å²) in [5, 5.41) is 7.61. The molecule has 3 heteroatoms. The Labute approximate surface area is 72.8 Å². The number of hydrogen-bond acceptors (Lipinski definition) is 2. The van der Waals surface area contributed by atoms with Gasteiger partial charge in [0, 0.05) is 18.4 Å². The lowest BCUT2D eigenvalue weighted by Crippen LogP contribution is -2.31. The normalized spacial score (nSPS) is 29.4. The van der Waals surface area contributed by atoms with Crippen LogP contribution in [0.4, 0.5) is 0 Å². The number of hydrogen-bond donors (Lipinski definition) is 1. The Morgan fingerprint density at radius 3 is 3.08 bits per heavy atom. The molecular weight excluding hydrogens is 150 g/mol. The zero-order chi connectivity index (χ0) is 8.39. The minimum Gasteiger partial charge on any atom is -0.315 e. The summed E-state index contributed by atoms with van der Waals surface area (Å²) in [6.45, 7) is 0. The Bertz CT molecular complexity index is 230. The predicted octanol–water partition coefficient (Wildman–Crippen LogP) is 1.20. The molecule has 0 aliphatic heterocycles. The van der Waals surface area contributed by atoms with Crippen LogP contribution >= 0.6 is 0 Å². The lowest BCUT2D eigenvalue weighted by molar-refractivity contribution is 0.383. The first-order valence-corrected chi connectivity index (χ1v) is 4.58. The maximum Gasteiger partial charge on any atom is 0.0672 e. The molecule has 0 unspecified atom stereocenters. The van der Waals surface area contributed by atoms with Crippen LogP contribution in [0, 0.1) is 0 Å². The van der Waals surface area contributed by atoms with E-state index in [1.165, 1.54) is 19.3 Å². The van der Waals surface area contributed by atoms with Crippen molar-refractivity contribution in [3.8, 4) is 0 Å². The molecule has 1 saturated carbocycles. The average Bonchev–Trinajstić information content (AvgIpc) is 2.74. The summed E-state index contributed by atoms with van der Waals surface area (Å²) in [5.41, 5.74) is 0. The van der Waals surface area contributed by atoms with E-state index in [1.807, 2.05) is 19.3 Å². The van der Waals surface area contributed by atoms with Gasteiger partial charge in [-0.1, -0.05) is 0 Å². The maximum atomic E-state index is 4.27. The molecule has 1 fully saturated rings. The van der Waals surface area contributed by atoms with E-state index in [2.05, 4.69) is 21.3 Å². The Morgan fingerprint density at radius 1 is 1.50 bits per heavy atom. The molecule has 3 nitrogen and oxygen atoms in total. The molecule has 1 N–H and O–H groups in total. The van der Waals surface area contributed by atoms with Crippen LogP contribution in [0.3, 0.4) is 0 Å². The van der Waals surface area contributed by atoms with Crippen LogP contribution in [0.5, 0.6) is 0 Å². The van der Waals surface area contributed by atoms with Gasteiger partial charge in [-0.2, -0.15) is 5.10 Å². The van der Waals surface area contributed by atoms with Gasteiger partial charge in [-0.25, -0.2) is 0 Å². The maximum absolute atomic E-state index is 4.27. The molecule has 1 aromatic heterocycles. The Hall–Kier alpha value is -0.830. The van der Waals surface area contributed by atoms with E-state index < -0.39 is 0 Å². The van der Waals surface area contributed by atoms with Crippen molar-refractivity contribution in [3.63, 3.8) is 0 Å². The number of rotatable bonds is 2. The first-order chi connectivity index (χ1) is 5.92. The minimum absolute atomic E-state index is 0.574. The molecule has 0 amide bonds. The molecule has 12 heavy (non-hydrogen) atoms. The zero-order valence-corrected chi connectivity index (χ0v) is 7.40. The Morgan fingerprint density at radius 2 is 2.42 bits per heavy atom. The molecule has 0 spiro atoms. The molecule has 1 aliphatic rings. The molecule has 2 rings (SSSR count). The third kappa shape index (κ3) is 1.25. The van der Waals surface area contributed by atoms with E-state index in [4.69, 9.17) is 0 Å². The third-order valence-electron chi connectivity index (χ3n) is 2.71. The second-order valence-electron chi connectivity index (χ2n) is 3.38. The van der Waals surface area contributed by atoms with Gasteiger partial charge in [-0.05, 0) is 32.4 Å². The molecule has 0 saturated heterocycles. The van der Waals surface area contributed by atoms with Crippen molar-refractivity contribution in [3.05, 3.63) is 18.5 Å². The molecular formula is C9H15N3. The summed E-state index contributed by atoms with van der Waals surface area (Å²) >= 11 is 0. The van der Waals surface area contributed by atoms with Crippen LogP contribution in [-0.4, -0.2) is 22.9 Å². The third-order valence-corrected chi connectivity index (χ3v) is 2.71. The predicted molar refractivity (Wildman–Crippen MR) is 48.0 cm³/mol. The first kappa shape index (κ1) is 7.80. The van der Waals surface area contributed by atoms with E-state index >= 15 is 0 Å². The van der Waals surface area contributed by atoms with Crippen LogP contribution in [-0.2, 0) is 0 Å². The van der Waals surface area contributed by atoms with E-state index in [1.54, 1.807) is 0 Å². The highest BCUT2D eigenvalue weighted by molar-refractivity contribution is 4.90. The van der Waals surface area contributed by atoms with Crippen molar-refractivity contribution < 1.29 is 0 Å². The molecule has 0 aromatic carbocycles. The molecule has 0 bridgehead atoms. The van der Waals surface area contributed by atoms with E-state index in [9.17, 15) is 0 Å². The summed E-state index contributed by atoms with van der Waals surface area (Å²) in [4.78, 5) is 0. The van der Waals surface area contributed by atoms with Crippen molar-refractivity contribution in [1.82, 2.24) is 15.1 Å². The fraction of sp³-hybridized carbons (Fsp3) is 0.667. The van der Waals surface area contributed by atoms with Gasteiger partial charge in [0.2, 0.25) is 0 Å². The average molecular weight is 165 g/mol. The Balaban J connectivity index is 2.13. The van der Waals surface area contributed by atoms with Gasteiger partial charge in [0.25, 0.3) is 0 Å². The topological polar surface area (TPSA) is 29.9 Å². The summed E-state index contributed by atoms with van der Waals surface area (Å²) in [6, 6.07) is 3.18. The van der Waals surface area contributed by atoms with Crippen molar-refractivity contribution in [2.75, 3.05) is 7.05 Å². The fourth-order valence-electron chi connectivity index (χ4n) is 2.07. The second kappa shape index (κ2) is 3.27. The van der Waals surface area contributed by atoms with Crippen LogP contribution in [0.2, 0.25) is 0 Å². The van der Waals surface area contributed by atoms with Gasteiger partial charge < -0.3 is 5.32 Å². The van der Waals surface area contributed by atoms with Gasteiger partial charge in [0.1, 0.15) is 0 Å². The Kier molecular flexibility index (Phi) is 2.13. The summed E-state index contributed by atoms with van der Waals surface area (Å²) in [7, 11) is 2.03. The van der Waals surface area contributed by atoms with E-state index in [0.717, 1.165) is 0 Å². The zero-order valence-electron chi connectivity index (χ0n) is 7.40. The van der Waals surface area contributed by atoms with E-state index in [0.29, 0.717) is 12.1 Å². The van der Waals surface area contributed by atoms with E-state index in [-0.39, 0.29) is 0 Å². The standard InChI is InChI=1S/C9H15N3/c1-10-8-4-2-5-9(8)12-7-3-6-11-12/h3,6-10H,2,4-5H2,1H3/t8-,9-/m1/s1. The largest absolute Gasteiger partial charge is 0.315 e. The molecule has 0 radical (unpaired) electrons. The van der Waals surface area contributed by atoms with Gasteiger partial charge in [-0.3, -0.25) is 4.68 Å². The van der Waals surface area contributed by atoms with Gasteiger partial charge in [0.05, 0.1) is 6.04 Å². The SMILES string of the molecule is CN[C@@H]1CCC[C@H]1n1cccn1. The van der Waals surface area contributed by atoms with Crippen molar-refractivity contribution in [2.24, 2.45) is 0 Å². The van der Waals surface area contributed by atoms with Gasteiger partial charge in [0.15, 0.2) is 0 Å². The molecule has 2 atom stereocenters. The molecule has 1 heterocycles. The van der Waals surface area contributed by atoms with Crippen molar-refractivity contribution in [1.29, 1.82) is 0 Å².